The van der Waals surface area contributed by atoms with E-state index < -0.39 is 17.7 Å². The van der Waals surface area contributed by atoms with Gasteiger partial charge in [-0.1, -0.05) is 49.0 Å². The van der Waals surface area contributed by atoms with Crippen LogP contribution in [0.5, 0.6) is 0 Å². The number of amides is 2. The summed E-state index contributed by atoms with van der Waals surface area (Å²) in [6.45, 7) is 10.9. The molecule has 3 N–H and O–H groups in total. The van der Waals surface area contributed by atoms with Crippen molar-refractivity contribution in [1.29, 1.82) is 0 Å². The molecule has 39 heavy (non-hydrogen) atoms. The maximum absolute atomic E-state index is 14.1. The largest absolute Gasteiger partial charge is 0.444 e. The highest BCUT2D eigenvalue weighted by atomic mass is 79.9. The molecule has 2 aromatic rings. The van der Waals surface area contributed by atoms with E-state index in [1.54, 1.807) is 0 Å². The minimum absolute atomic E-state index is 0.00178. The third-order valence-electron chi connectivity index (χ3n) is 7.88. The van der Waals surface area contributed by atoms with Crippen molar-refractivity contribution in [3.8, 4) is 0 Å². The molecular formula is C30H46BrFN4O3. The van der Waals surface area contributed by atoms with Gasteiger partial charge in [-0.2, -0.15) is 0 Å². The average Bonchev–Trinajstić information content (AvgIpc) is 3.64. The van der Waals surface area contributed by atoms with E-state index >= 15 is 0 Å². The van der Waals surface area contributed by atoms with Gasteiger partial charge in [0.2, 0.25) is 5.91 Å². The van der Waals surface area contributed by atoms with Gasteiger partial charge < -0.3 is 25.3 Å². The maximum atomic E-state index is 14.1. The van der Waals surface area contributed by atoms with E-state index in [0.29, 0.717) is 6.54 Å². The SMILES string of the molecule is CBr.CC.CC(C)(C)OC(=O)NC(C(=O)N1CCC2NC[C@H](c3c[nH]c4cc(F)ccc34)C21)C1CCCCC1. The van der Waals surface area contributed by atoms with E-state index in [1.165, 1.54) is 18.6 Å². The molecule has 0 radical (unpaired) electrons. The van der Waals surface area contributed by atoms with E-state index in [9.17, 15) is 14.0 Å². The summed E-state index contributed by atoms with van der Waals surface area (Å²) < 4.78 is 19.3. The summed E-state index contributed by atoms with van der Waals surface area (Å²) >= 11 is 2.94. The highest BCUT2D eigenvalue weighted by Gasteiger charge is 2.49. The number of hydrogen-bond donors (Lipinski definition) is 3. The molecule has 2 amide bonds. The molecule has 1 aliphatic carbocycles. The van der Waals surface area contributed by atoms with Gasteiger partial charge in [-0.05, 0) is 75.5 Å². The number of benzene rings is 1. The predicted molar refractivity (Wildman–Crippen MR) is 159 cm³/mol. The van der Waals surface area contributed by atoms with Gasteiger partial charge in [0.25, 0.3) is 0 Å². The molecular weight excluding hydrogens is 563 g/mol. The molecule has 218 valence electrons. The number of likely N-dealkylation sites (tertiary alicyclic amines) is 1. The molecule has 1 saturated carbocycles. The Balaban J connectivity index is 0.00000100. The zero-order valence-electron chi connectivity index (χ0n) is 24.3. The normalized spacial score (nSPS) is 23.7. The summed E-state index contributed by atoms with van der Waals surface area (Å²) in [6, 6.07) is 4.45. The third-order valence-corrected chi connectivity index (χ3v) is 7.88. The van der Waals surface area contributed by atoms with E-state index in [1.807, 2.05) is 57.6 Å². The fourth-order valence-electron chi connectivity index (χ4n) is 6.38. The summed E-state index contributed by atoms with van der Waals surface area (Å²) in [7, 11) is 0. The van der Waals surface area contributed by atoms with Gasteiger partial charge in [0, 0.05) is 42.1 Å². The number of hydrogen-bond acceptors (Lipinski definition) is 4. The first-order valence-electron chi connectivity index (χ1n) is 14.4. The fourth-order valence-corrected chi connectivity index (χ4v) is 6.38. The second-order valence-electron chi connectivity index (χ2n) is 11.4. The molecule has 3 heterocycles. The number of aromatic amines is 1. The molecule has 9 heteroatoms. The van der Waals surface area contributed by atoms with Crippen LogP contribution in [0.4, 0.5) is 9.18 Å². The number of H-pyrrole nitrogens is 1. The van der Waals surface area contributed by atoms with Crippen LogP contribution in [0, 0.1) is 11.7 Å². The minimum Gasteiger partial charge on any atom is -0.444 e. The van der Waals surface area contributed by atoms with Crippen molar-refractivity contribution in [2.45, 2.75) is 103 Å². The van der Waals surface area contributed by atoms with Crippen molar-refractivity contribution in [2.75, 3.05) is 18.9 Å². The van der Waals surface area contributed by atoms with Gasteiger partial charge >= 0.3 is 6.09 Å². The first kappa shape index (κ1) is 31.4. The zero-order valence-corrected chi connectivity index (χ0v) is 25.9. The molecule has 3 fully saturated rings. The van der Waals surface area contributed by atoms with Crippen LogP contribution >= 0.6 is 15.9 Å². The highest BCUT2D eigenvalue weighted by Crippen LogP contribution is 2.40. The quantitative estimate of drug-likeness (QED) is 0.347. The second kappa shape index (κ2) is 14.0. The van der Waals surface area contributed by atoms with Crippen molar-refractivity contribution in [3.05, 3.63) is 35.8 Å². The van der Waals surface area contributed by atoms with E-state index in [0.717, 1.165) is 55.1 Å². The van der Waals surface area contributed by atoms with Crippen LogP contribution in [0.3, 0.4) is 0 Å². The Bertz CT molecular complexity index is 1100. The number of nitrogens with one attached hydrogen (secondary N) is 3. The first-order chi connectivity index (χ1) is 18.7. The number of carbonyl (C=O) groups is 2. The Morgan fingerprint density at radius 1 is 1.13 bits per heavy atom. The molecule has 1 aromatic heterocycles. The predicted octanol–water partition coefficient (Wildman–Crippen LogP) is 6.47. The van der Waals surface area contributed by atoms with Crippen LogP contribution in [0.15, 0.2) is 24.4 Å². The van der Waals surface area contributed by atoms with Gasteiger partial charge in [0.05, 0.1) is 6.04 Å². The second-order valence-corrected chi connectivity index (χ2v) is 11.4. The zero-order chi connectivity index (χ0) is 28.7. The molecule has 1 aromatic carbocycles. The lowest BCUT2D eigenvalue weighted by Gasteiger charge is -2.36. The molecule has 0 spiro atoms. The fraction of sp³-hybridized carbons (Fsp3) is 0.667. The van der Waals surface area contributed by atoms with Crippen molar-refractivity contribution in [3.63, 3.8) is 0 Å². The molecule has 2 aliphatic heterocycles. The highest BCUT2D eigenvalue weighted by molar-refractivity contribution is 9.08. The molecule has 0 bridgehead atoms. The van der Waals surface area contributed by atoms with Crippen molar-refractivity contribution in [1.82, 2.24) is 20.5 Å². The molecule has 2 saturated heterocycles. The Morgan fingerprint density at radius 3 is 2.49 bits per heavy atom. The Morgan fingerprint density at radius 2 is 1.82 bits per heavy atom. The van der Waals surface area contributed by atoms with Crippen molar-refractivity contribution >= 4 is 38.8 Å². The number of alkyl halides is 1. The average molecular weight is 610 g/mol. The number of alkyl carbamates (subject to hydrolysis) is 1. The maximum Gasteiger partial charge on any atom is 0.408 e. The summed E-state index contributed by atoms with van der Waals surface area (Å²) in [4.78, 5) is 32.0. The van der Waals surface area contributed by atoms with E-state index in [2.05, 4.69) is 31.5 Å². The van der Waals surface area contributed by atoms with Crippen LogP contribution < -0.4 is 10.6 Å². The van der Waals surface area contributed by atoms with Crippen molar-refractivity contribution in [2.24, 2.45) is 5.92 Å². The van der Waals surface area contributed by atoms with Gasteiger partial charge in [0.15, 0.2) is 0 Å². The number of carbonyl (C=O) groups excluding carboxylic acids is 2. The topological polar surface area (TPSA) is 86.5 Å². The summed E-state index contributed by atoms with van der Waals surface area (Å²) in [6.07, 6.45) is 7.50. The van der Waals surface area contributed by atoms with Crippen molar-refractivity contribution < 1.29 is 18.7 Å². The van der Waals surface area contributed by atoms with Gasteiger partial charge in [-0.25, -0.2) is 9.18 Å². The summed E-state index contributed by atoms with van der Waals surface area (Å²) in [5, 5.41) is 7.57. The van der Waals surface area contributed by atoms with Gasteiger partial charge in [0.1, 0.15) is 17.5 Å². The third kappa shape index (κ3) is 7.34. The van der Waals surface area contributed by atoms with Gasteiger partial charge in [-0.15, -0.1) is 0 Å². The lowest BCUT2D eigenvalue weighted by atomic mass is 9.83. The van der Waals surface area contributed by atoms with Crippen LogP contribution in [-0.2, 0) is 9.53 Å². The molecule has 3 unspecified atom stereocenters. The number of ether oxygens (including phenoxy) is 1. The van der Waals surface area contributed by atoms with Crippen LogP contribution in [-0.4, -0.2) is 64.5 Å². The molecule has 3 aliphatic rings. The van der Waals surface area contributed by atoms with Gasteiger partial charge in [-0.3, -0.25) is 4.79 Å². The molecule has 5 rings (SSSR count). The number of rotatable bonds is 4. The summed E-state index contributed by atoms with van der Waals surface area (Å²) in [5.74, 6) is 1.75. The van der Waals surface area contributed by atoms with Crippen LogP contribution in [0.2, 0.25) is 0 Å². The lowest BCUT2D eigenvalue weighted by molar-refractivity contribution is -0.136. The molecule has 4 atom stereocenters. The smallest absolute Gasteiger partial charge is 0.408 e. The van der Waals surface area contributed by atoms with E-state index in [-0.39, 0.29) is 35.6 Å². The number of aromatic nitrogens is 1. The monoisotopic (exact) mass is 608 g/mol. The minimum atomic E-state index is -0.627. The van der Waals surface area contributed by atoms with Crippen LogP contribution in [0.25, 0.3) is 10.9 Å². The Hall–Kier alpha value is -2.13. The Labute approximate surface area is 241 Å². The van der Waals surface area contributed by atoms with Crippen LogP contribution in [0.1, 0.15) is 84.6 Å². The number of fused-ring (bicyclic) bond motifs is 2. The number of halogens is 2. The Kier molecular flexibility index (Phi) is 11.2. The number of nitrogens with zero attached hydrogens (tertiary/aromatic N) is 1. The standard InChI is InChI=1S/C27H37FN4O3.C2H6.CH3Br/c1-27(2,3)35-26(34)31-23(16-7-5-4-6-8-16)25(33)32-12-11-21-24(32)20(15-29-21)19-14-30-22-13-17(28)9-10-18(19)22;2*1-2/h9-10,13-14,16,20-21,23-24,29-30H,4-8,11-12,15H2,1-3H3,(H,31,34);1-2H3;1H3/t20-,21?,23?,24?;;/m1../s1. The summed E-state index contributed by atoms with van der Waals surface area (Å²) in [5.41, 5.74) is 1.25. The van der Waals surface area contributed by atoms with E-state index in [4.69, 9.17) is 4.74 Å². The first-order valence-corrected chi connectivity index (χ1v) is 16.0. The lowest BCUT2D eigenvalue weighted by Crippen LogP contribution is -2.55. The molecule has 7 nitrogen and oxygen atoms in total.